The molecule has 1 aromatic carbocycles. The SMILES string of the molecule is COc1cccc2c1OC[C@H](CNC(=O)c1cc(C3CC3)[nH]n1)C2. The molecule has 0 saturated heterocycles. The van der Waals surface area contributed by atoms with E-state index in [-0.39, 0.29) is 11.8 Å². The zero-order valence-corrected chi connectivity index (χ0v) is 13.7. The van der Waals surface area contributed by atoms with E-state index in [0.717, 1.165) is 29.2 Å². The second-order valence-corrected chi connectivity index (χ2v) is 6.52. The van der Waals surface area contributed by atoms with Crippen LogP contribution in [0.4, 0.5) is 0 Å². The first-order valence-electron chi connectivity index (χ1n) is 8.36. The van der Waals surface area contributed by atoms with E-state index in [2.05, 4.69) is 15.5 Å². The Hall–Kier alpha value is -2.50. The minimum Gasteiger partial charge on any atom is -0.493 e. The van der Waals surface area contributed by atoms with Crippen LogP contribution in [-0.2, 0) is 6.42 Å². The van der Waals surface area contributed by atoms with Crippen LogP contribution < -0.4 is 14.8 Å². The van der Waals surface area contributed by atoms with Gasteiger partial charge in [-0.2, -0.15) is 5.10 Å². The van der Waals surface area contributed by atoms with Gasteiger partial charge in [-0.25, -0.2) is 0 Å². The van der Waals surface area contributed by atoms with E-state index in [4.69, 9.17) is 9.47 Å². The Kier molecular flexibility index (Phi) is 3.88. The van der Waals surface area contributed by atoms with E-state index >= 15 is 0 Å². The Bertz CT molecular complexity index is 752. The molecule has 126 valence electrons. The number of fused-ring (bicyclic) bond motifs is 1. The van der Waals surface area contributed by atoms with Gasteiger partial charge in [-0.15, -0.1) is 0 Å². The smallest absolute Gasteiger partial charge is 0.271 e. The van der Waals surface area contributed by atoms with Gasteiger partial charge < -0.3 is 14.8 Å². The summed E-state index contributed by atoms with van der Waals surface area (Å²) in [6, 6.07) is 7.77. The number of carbonyl (C=O) groups is 1. The molecule has 0 unspecified atom stereocenters. The third-order valence-corrected chi connectivity index (χ3v) is 4.65. The molecule has 1 aromatic heterocycles. The molecule has 1 aliphatic carbocycles. The number of H-pyrrole nitrogens is 1. The lowest BCUT2D eigenvalue weighted by Crippen LogP contribution is -2.35. The summed E-state index contributed by atoms with van der Waals surface area (Å²) in [7, 11) is 1.64. The fraction of sp³-hybridized carbons (Fsp3) is 0.444. The molecule has 1 atom stereocenters. The summed E-state index contributed by atoms with van der Waals surface area (Å²) in [4.78, 5) is 12.2. The minimum absolute atomic E-state index is 0.130. The molecule has 6 heteroatoms. The second kappa shape index (κ2) is 6.19. The summed E-state index contributed by atoms with van der Waals surface area (Å²) < 4.78 is 11.2. The first kappa shape index (κ1) is 15.1. The van der Waals surface area contributed by atoms with Gasteiger partial charge in [0.15, 0.2) is 11.5 Å². The van der Waals surface area contributed by atoms with Crippen LogP contribution in [0.5, 0.6) is 11.5 Å². The van der Waals surface area contributed by atoms with Crippen LogP contribution in [0.3, 0.4) is 0 Å². The highest BCUT2D eigenvalue weighted by Gasteiger charge is 2.27. The van der Waals surface area contributed by atoms with Crippen molar-refractivity contribution in [2.75, 3.05) is 20.3 Å². The van der Waals surface area contributed by atoms with Crippen molar-refractivity contribution in [2.45, 2.75) is 25.2 Å². The Morgan fingerprint density at radius 1 is 1.46 bits per heavy atom. The van der Waals surface area contributed by atoms with E-state index < -0.39 is 0 Å². The first-order chi connectivity index (χ1) is 11.7. The van der Waals surface area contributed by atoms with E-state index in [1.54, 1.807) is 7.11 Å². The van der Waals surface area contributed by atoms with Crippen molar-refractivity contribution in [3.8, 4) is 11.5 Å². The number of aromatic amines is 1. The topological polar surface area (TPSA) is 76.2 Å². The summed E-state index contributed by atoms with van der Waals surface area (Å²) in [5, 5.41) is 10.0. The van der Waals surface area contributed by atoms with Crippen LogP contribution in [-0.4, -0.2) is 36.4 Å². The highest BCUT2D eigenvalue weighted by molar-refractivity contribution is 5.92. The lowest BCUT2D eigenvalue weighted by atomic mass is 9.96. The quantitative estimate of drug-likeness (QED) is 0.883. The molecule has 2 aliphatic rings. The fourth-order valence-electron chi connectivity index (χ4n) is 3.13. The van der Waals surface area contributed by atoms with Crippen molar-refractivity contribution in [3.05, 3.63) is 41.2 Å². The van der Waals surface area contributed by atoms with E-state index in [1.807, 2.05) is 24.3 Å². The van der Waals surface area contributed by atoms with Gasteiger partial charge in [-0.05, 0) is 37.0 Å². The lowest BCUT2D eigenvalue weighted by Gasteiger charge is -2.26. The molecule has 0 bridgehead atoms. The number of amides is 1. The Morgan fingerprint density at radius 2 is 2.33 bits per heavy atom. The number of hydrogen-bond acceptors (Lipinski definition) is 4. The van der Waals surface area contributed by atoms with Gasteiger partial charge in [0.2, 0.25) is 0 Å². The molecule has 1 saturated carbocycles. The number of hydrogen-bond donors (Lipinski definition) is 2. The fourth-order valence-corrected chi connectivity index (χ4v) is 3.13. The molecule has 0 radical (unpaired) electrons. The monoisotopic (exact) mass is 327 g/mol. The van der Waals surface area contributed by atoms with Crippen molar-refractivity contribution < 1.29 is 14.3 Å². The Morgan fingerprint density at radius 3 is 3.12 bits per heavy atom. The summed E-state index contributed by atoms with van der Waals surface area (Å²) in [6.07, 6.45) is 3.23. The third kappa shape index (κ3) is 2.96. The molecule has 0 spiro atoms. The van der Waals surface area contributed by atoms with Gasteiger partial charge in [-0.1, -0.05) is 12.1 Å². The first-order valence-corrected chi connectivity index (χ1v) is 8.36. The number of rotatable bonds is 5. The standard InChI is InChI=1S/C18H21N3O3/c1-23-16-4-2-3-13-7-11(10-24-17(13)16)9-19-18(22)15-8-14(20-21-15)12-5-6-12/h2-4,8,11-12H,5-7,9-10H2,1H3,(H,19,22)(H,20,21)/t11-/m0/s1. The van der Waals surface area contributed by atoms with Crippen molar-refractivity contribution in [1.82, 2.24) is 15.5 Å². The normalized spacial score (nSPS) is 19.3. The molecular weight excluding hydrogens is 306 g/mol. The molecule has 6 nitrogen and oxygen atoms in total. The van der Waals surface area contributed by atoms with E-state index in [9.17, 15) is 4.79 Å². The highest BCUT2D eigenvalue weighted by Crippen LogP contribution is 2.39. The maximum Gasteiger partial charge on any atom is 0.271 e. The lowest BCUT2D eigenvalue weighted by molar-refractivity contribution is 0.0933. The average molecular weight is 327 g/mol. The maximum absolute atomic E-state index is 12.2. The van der Waals surface area contributed by atoms with Gasteiger partial charge in [0, 0.05) is 24.1 Å². The predicted molar refractivity (Wildman–Crippen MR) is 88.6 cm³/mol. The average Bonchev–Trinajstić information content (AvgIpc) is 3.35. The van der Waals surface area contributed by atoms with Crippen molar-refractivity contribution in [2.24, 2.45) is 5.92 Å². The van der Waals surface area contributed by atoms with Crippen molar-refractivity contribution in [1.29, 1.82) is 0 Å². The van der Waals surface area contributed by atoms with Gasteiger partial charge in [0.05, 0.1) is 13.7 Å². The maximum atomic E-state index is 12.2. The van der Waals surface area contributed by atoms with Crippen LogP contribution in [0.2, 0.25) is 0 Å². The molecule has 1 aliphatic heterocycles. The van der Waals surface area contributed by atoms with Crippen LogP contribution >= 0.6 is 0 Å². The Labute approximate surface area is 140 Å². The number of aromatic nitrogens is 2. The van der Waals surface area contributed by atoms with Crippen molar-refractivity contribution in [3.63, 3.8) is 0 Å². The van der Waals surface area contributed by atoms with Crippen LogP contribution in [0.1, 0.15) is 40.5 Å². The number of para-hydroxylation sites is 1. The van der Waals surface area contributed by atoms with Gasteiger partial charge in [0.1, 0.15) is 5.69 Å². The van der Waals surface area contributed by atoms with Crippen molar-refractivity contribution >= 4 is 5.91 Å². The third-order valence-electron chi connectivity index (χ3n) is 4.65. The summed E-state index contributed by atoms with van der Waals surface area (Å²) in [5.41, 5.74) is 2.66. The molecule has 2 N–H and O–H groups in total. The molecule has 2 aromatic rings. The molecular formula is C18H21N3O3. The number of ether oxygens (including phenoxy) is 2. The summed E-state index contributed by atoms with van der Waals surface area (Å²) >= 11 is 0. The molecule has 2 heterocycles. The van der Waals surface area contributed by atoms with Gasteiger partial charge in [0.25, 0.3) is 5.91 Å². The zero-order valence-electron chi connectivity index (χ0n) is 13.7. The number of methoxy groups -OCH3 is 1. The minimum atomic E-state index is -0.130. The second-order valence-electron chi connectivity index (χ2n) is 6.52. The van der Waals surface area contributed by atoms with Crippen LogP contribution in [0.15, 0.2) is 24.3 Å². The summed E-state index contributed by atoms with van der Waals surface area (Å²) in [6.45, 7) is 1.14. The number of carbonyl (C=O) groups excluding carboxylic acids is 1. The molecule has 24 heavy (non-hydrogen) atoms. The largest absolute Gasteiger partial charge is 0.493 e. The number of nitrogens with zero attached hydrogens (tertiary/aromatic N) is 1. The van der Waals surface area contributed by atoms with E-state index in [1.165, 1.54) is 12.8 Å². The van der Waals surface area contributed by atoms with E-state index in [0.29, 0.717) is 24.8 Å². The predicted octanol–water partition coefficient (Wildman–Crippen LogP) is 2.28. The molecule has 1 amide bonds. The molecule has 4 rings (SSSR count). The molecule has 1 fully saturated rings. The zero-order chi connectivity index (χ0) is 16.5. The van der Waals surface area contributed by atoms with Gasteiger partial charge in [-0.3, -0.25) is 9.89 Å². The number of nitrogens with one attached hydrogen (secondary N) is 2. The van der Waals surface area contributed by atoms with Crippen LogP contribution in [0, 0.1) is 5.92 Å². The van der Waals surface area contributed by atoms with Crippen LogP contribution in [0.25, 0.3) is 0 Å². The van der Waals surface area contributed by atoms with Gasteiger partial charge >= 0.3 is 0 Å². The highest BCUT2D eigenvalue weighted by atomic mass is 16.5. The number of benzene rings is 1. The Balaban J connectivity index is 1.35. The summed E-state index contributed by atoms with van der Waals surface area (Å²) in [5.74, 6) is 2.27.